The topological polar surface area (TPSA) is 36.4 Å². The summed E-state index contributed by atoms with van der Waals surface area (Å²) in [6.07, 6.45) is -9.13. The van der Waals surface area contributed by atoms with Gasteiger partial charge in [-0.15, -0.1) is 0 Å². The maximum absolute atomic E-state index is 13.6. The molecular weight excluding hydrogens is 446 g/mol. The van der Waals surface area contributed by atoms with Crippen LogP contribution in [0.5, 0.6) is 0 Å². The van der Waals surface area contributed by atoms with Gasteiger partial charge in [0, 0.05) is 18.0 Å². The summed E-state index contributed by atoms with van der Waals surface area (Å²) < 4.78 is 81.3. The van der Waals surface area contributed by atoms with Gasteiger partial charge >= 0.3 is 12.4 Å². The Bertz CT molecular complexity index is 1110. The molecule has 9 heteroatoms. The van der Waals surface area contributed by atoms with E-state index < -0.39 is 41.3 Å². The minimum atomic E-state index is -4.96. The van der Waals surface area contributed by atoms with E-state index in [0.29, 0.717) is 31.6 Å². The molecule has 0 unspecified atom stereocenters. The van der Waals surface area contributed by atoms with Crippen molar-refractivity contribution in [3.05, 3.63) is 77.0 Å². The molecule has 4 rings (SSSR count). The second-order valence-electron chi connectivity index (χ2n) is 8.26. The average molecular weight is 468 g/mol. The molecule has 2 heterocycles. The zero-order chi connectivity index (χ0) is 23.8. The molecule has 2 atom stereocenters. The van der Waals surface area contributed by atoms with Crippen molar-refractivity contribution in [3.63, 3.8) is 0 Å². The van der Waals surface area contributed by atoms with Gasteiger partial charge in [0.25, 0.3) is 0 Å². The predicted molar refractivity (Wildman–Crippen MR) is 111 cm³/mol. The lowest BCUT2D eigenvalue weighted by Crippen LogP contribution is -2.42. The third-order valence-corrected chi connectivity index (χ3v) is 6.04. The number of benzene rings is 2. The molecule has 1 aliphatic heterocycles. The number of rotatable bonds is 4. The van der Waals surface area contributed by atoms with Gasteiger partial charge in [0.05, 0.1) is 17.2 Å². The van der Waals surface area contributed by atoms with Crippen LogP contribution in [-0.4, -0.2) is 27.6 Å². The lowest BCUT2D eigenvalue weighted by atomic mass is 9.90. The second-order valence-corrected chi connectivity index (χ2v) is 8.26. The number of aliphatic hydroxyl groups is 1. The maximum Gasteiger partial charge on any atom is 0.433 e. The molecule has 0 amide bonds. The predicted octanol–water partition coefficient (Wildman–Crippen LogP) is 6.36. The summed E-state index contributed by atoms with van der Waals surface area (Å²) in [4.78, 5) is 5.30. The summed E-state index contributed by atoms with van der Waals surface area (Å²) in [7, 11) is 0. The summed E-state index contributed by atoms with van der Waals surface area (Å²) in [5.41, 5.74) is -2.73. The number of para-hydroxylation sites is 1. The van der Waals surface area contributed by atoms with E-state index in [4.69, 9.17) is 0 Å². The average Bonchev–Trinajstić information content (AvgIpc) is 2.77. The van der Waals surface area contributed by atoms with E-state index in [1.807, 2.05) is 35.2 Å². The van der Waals surface area contributed by atoms with Crippen LogP contribution in [-0.2, 0) is 18.9 Å². The molecule has 1 aromatic heterocycles. The van der Waals surface area contributed by atoms with Crippen LogP contribution in [0.4, 0.5) is 26.3 Å². The van der Waals surface area contributed by atoms with Gasteiger partial charge in [-0.25, -0.2) is 4.98 Å². The molecule has 176 valence electrons. The highest BCUT2D eigenvalue weighted by Gasteiger charge is 2.39. The Morgan fingerprint density at radius 2 is 1.67 bits per heavy atom. The minimum Gasteiger partial charge on any atom is -0.387 e. The van der Waals surface area contributed by atoms with Crippen molar-refractivity contribution in [2.45, 2.75) is 50.3 Å². The van der Waals surface area contributed by atoms with Crippen LogP contribution >= 0.6 is 0 Å². The first-order valence-corrected chi connectivity index (χ1v) is 10.6. The minimum absolute atomic E-state index is 0.129. The van der Waals surface area contributed by atoms with Crippen molar-refractivity contribution in [1.82, 2.24) is 9.88 Å². The highest BCUT2D eigenvalue weighted by atomic mass is 19.4. The molecule has 2 aromatic carbocycles. The molecule has 0 saturated carbocycles. The maximum atomic E-state index is 13.6. The summed E-state index contributed by atoms with van der Waals surface area (Å²) >= 11 is 0. The smallest absolute Gasteiger partial charge is 0.387 e. The van der Waals surface area contributed by atoms with Crippen LogP contribution in [0.1, 0.15) is 47.8 Å². The molecule has 33 heavy (non-hydrogen) atoms. The summed E-state index contributed by atoms with van der Waals surface area (Å²) in [6, 6.07) is 12.7. The van der Waals surface area contributed by atoms with Crippen molar-refractivity contribution in [1.29, 1.82) is 0 Å². The Morgan fingerprint density at radius 1 is 0.939 bits per heavy atom. The number of nitrogens with zero attached hydrogens (tertiary/aromatic N) is 2. The van der Waals surface area contributed by atoms with E-state index in [1.165, 1.54) is 6.07 Å². The fraction of sp³-hybridized carbons (Fsp3) is 0.375. The largest absolute Gasteiger partial charge is 0.433 e. The van der Waals surface area contributed by atoms with E-state index in [-0.39, 0.29) is 10.9 Å². The molecule has 3 aromatic rings. The van der Waals surface area contributed by atoms with Crippen molar-refractivity contribution < 1.29 is 31.4 Å². The van der Waals surface area contributed by atoms with Crippen LogP contribution in [0, 0.1) is 0 Å². The van der Waals surface area contributed by atoms with Gasteiger partial charge in [0.15, 0.2) is 0 Å². The zero-order valence-corrected chi connectivity index (χ0v) is 17.5. The highest BCUT2D eigenvalue weighted by Crippen LogP contribution is 2.41. The van der Waals surface area contributed by atoms with Gasteiger partial charge in [-0.2, -0.15) is 26.3 Å². The normalized spacial score (nSPS) is 19.1. The molecule has 3 nitrogen and oxygen atoms in total. The number of hydrogen-bond donors (Lipinski definition) is 1. The third kappa shape index (κ3) is 4.99. The lowest BCUT2D eigenvalue weighted by molar-refractivity contribution is -0.142. The Morgan fingerprint density at radius 3 is 2.33 bits per heavy atom. The number of likely N-dealkylation sites (tertiary alicyclic amines) is 1. The molecule has 1 aliphatic rings. The monoisotopic (exact) mass is 468 g/mol. The summed E-state index contributed by atoms with van der Waals surface area (Å²) in [5, 5.41) is 11.1. The number of fused-ring (bicyclic) bond motifs is 1. The number of halogens is 6. The quantitative estimate of drug-likeness (QED) is 0.453. The molecule has 0 spiro atoms. The molecule has 1 N–H and O–H groups in total. The van der Waals surface area contributed by atoms with Crippen molar-refractivity contribution in [2.24, 2.45) is 0 Å². The summed E-state index contributed by atoms with van der Waals surface area (Å²) in [5.74, 6) is 0. The Labute approximate surface area is 186 Å². The van der Waals surface area contributed by atoms with Gasteiger partial charge in [0.2, 0.25) is 0 Å². The van der Waals surface area contributed by atoms with Crippen LogP contribution in [0.2, 0.25) is 0 Å². The molecule has 0 bridgehead atoms. The number of aliphatic hydroxyl groups excluding tert-OH is 1. The van der Waals surface area contributed by atoms with Crippen LogP contribution in [0.25, 0.3) is 10.9 Å². The fourth-order valence-electron chi connectivity index (χ4n) is 4.49. The van der Waals surface area contributed by atoms with Crippen LogP contribution in [0.15, 0.2) is 54.6 Å². The van der Waals surface area contributed by atoms with Crippen molar-refractivity contribution in [3.8, 4) is 0 Å². The van der Waals surface area contributed by atoms with E-state index >= 15 is 0 Å². The van der Waals surface area contributed by atoms with Crippen molar-refractivity contribution in [2.75, 3.05) is 6.54 Å². The number of piperidine rings is 1. The number of aromatic nitrogens is 1. The first-order valence-electron chi connectivity index (χ1n) is 10.6. The van der Waals surface area contributed by atoms with Gasteiger partial charge in [-0.05, 0) is 42.6 Å². The number of alkyl halides is 6. The Balaban J connectivity index is 1.81. The highest BCUT2D eigenvalue weighted by molar-refractivity contribution is 5.86. The molecular formula is C24H22F6N2O. The van der Waals surface area contributed by atoms with Crippen LogP contribution in [0.3, 0.4) is 0 Å². The van der Waals surface area contributed by atoms with E-state index in [1.54, 1.807) is 0 Å². The Kier molecular flexibility index (Phi) is 6.37. The molecule has 1 fully saturated rings. The standard InChI is InChI=1S/C24H22F6N2O/c25-23(26,27)18-10-6-9-16-17(13-20(24(28,29)30)31-21(16)18)22(33)19-11-4-5-12-32(19)14-15-7-2-1-3-8-15/h1-3,6-10,13,19,22,33H,4-5,11-12,14H2/t19-,22+/m0/s1. The van der Waals surface area contributed by atoms with Gasteiger partial charge in [0.1, 0.15) is 5.69 Å². The second kappa shape index (κ2) is 8.95. The number of hydrogen-bond acceptors (Lipinski definition) is 3. The van der Waals surface area contributed by atoms with E-state index in [0.717, 1.165) is 24.5 Å². The van der Waals surface area contributed by atoms with Crippen LogP contribution < -0.4 is 0 Å². The molecule has 0 aliphatic carbocycles. The lowest BCUT2D eigenvalue weighted by Gasteiger charge is -2.39. The zero-order valence-electron chi connectivity index (χ0n) is 17.5. The van der Waals surface area contributed by atoms with Gasteiger partial charge in [-0.3, -0.25) is 4.90 Å². The van der Waals surface area contributed by atoms with E-state index in [9.17, 15) is 31.4 Å². The first-order chi connectivity index (χ1) is 15.6. The van der Waals surface area contributed by atoms with Crippen molar-refractivity contribution >= 4 is 10.9 Å². The summed E-state index contributed by atoms with van der Waals surface area (Å²) in [6.45, 7) is 1.10. The third-order valence-electron chi connectivity index (χ3n) is 6.04. The SMILES string of the molecule is O[C@H](c1cc(C(F)(F)F)nc2c(C(F)(F)F)cccc12)[C@@H]1CCCCN1Cc1ccccc1. The first kappa shape index (κ1) is 23.5. The molecule has 1 saturated heterocycles. The van der Waals surface area contributed by atoms with Gasteiger partial charge < -0.3 is 5.11 Å². The molecule has 0 radical (unpaired) electrons. The number of pyridine rings is 1. The Hall–Kier alpha value is -2.65. The van der Waals surface area contributed by atoms with Gasteiger partial charge in [-0.1, -0.05) is 48.9 Å². The fourth-order valence-corrected chi connectivity index (χ4v) is 4.49. The van der Waals surface area contributed by atoms with E-state index in [2.05, 4.69) is 4.98 Å².